The predicted molar refractivity (Wildman–Crippen MR) is 252 cm³/mol. The summed E-state index contributed by atoms with van der Waals surface area (Å²) in [5.41, 5.74) is -2.58. The van der Waals surface area contributed by atoms with Crippen LogP contribution >= 0.6 is 54.5 Å². The maximum atomic E-state index is 14.1. The van der Waals surface area contributed by atoms with Crippen LogP contribution in [0.25, 0.3) is 0 Å². The third-order valence-electron chi connectivity index (χ3n) is 11.0. The molecule has 0 unspecified atom stereocenters. The lowest BCUT2D eigenvalue weighted by atomic mass is 9.49. The molecule has 6 rings (SSSR count). The highest BCUT2D eigenvalue weighted by Gasteiger charge is 2.63. The largest absolute Gasteiger partial charge is 0.508 e. The molecule has 0 spiro atoms. The number of benzene rings is 3. The molecule has 3 aliphatic heterocycles. The van der Waals surface area contributed by atoms with Gasteiger partial charge in [0.15, 0.2) is 13.2 Å². The van der Waals surface area contributed by atoms with Gasteiger partial charge in [0, 0.05) is 23.7 Å². The van der Waals surface area contributed by atoms with Crippen molar-refractivity contribution in [2.75, 3.05) is 17.6 Å². The minimum absolute atomic E-state index is 0.0595. The zero-order valence-electron chi connectivity index (χ0n) is 39.4. The van der Waals surface area contributed by atoms with Gasteiger partial charge in [0.25, 0.3) is 0 Å². The van der Waals surface area contributed by atoms with Crippen molar-refractivity contribution in [3.8, 4) is 17.2 Å². The number of phenols is 1. The normalized spacial score (nSPS) is 19.4. The van der Waals surface area contributed by atoms with Crippen molar-refractivity contribution >= 4 is 81.1 Å². The van der Waals surface area contributed by atoms with Crippen LogP contribution in [0.15, 0.2) is 63.5 Å². The molecular weight excluding hydrogens is 1200 g/mol. The molecule has 1 N–H and O–H groups in total. The summed E-state index contributed by atoms with van der Waals surface area (Å²) in [7, 11) is -1.87. The average Bonchev–Trinajstić information content (AvgIpc) is 3.65. The monoisotopic (exact) mass is 1250 g/mol. The van der Waals surface area contributed by atoms with E-state index in [4.69, 9.17) is 33.0 Å². The van der Waals surface area contributed by atoms with Gasteiger partial charge in [0.1, 0.15) is 34.7 Å². The van der Waals surface area contributed by atoms with Crippen LogP contribution in [-0.4, -0.2) is 96.0 Å². The Hall–Kier alpha value is -2.14. The SMILES string of the molecule is CC1(C)OB(B2OC(C)(C)C(C)(C)O2)OC1(C)C.CC1(C)OB(c2ccc(OCC(F)(F)F)cc2F)OC1(C)C.FC(F)(F)CI.Fc1cc(OCC(F)(F)F)ccc1Br.Oc1ccc(Br)c(F)c1. The van der Waals surface area contributed by atoms with Crippen LogP contribution in [0.3, 0.4) is 0 Å². The molecule has 27 heteroatoms. The molecule has 0 saturated carbocycles. The fourth-order valence-electron chi connectivity index (χ4n) is 5.14. The summed E-state index contributed by atoms with van der Waals surface area (Å²) in [5.74, 6) is -2.26. The lowest BCUT2D eigenvalue weighted by Crippen LogP contribution is -2.41. The van der Waals surface area contributed by atoms with Gasteiger partial charge < -0.3 is 42.5 Å². The first kappa shape index (κ1) is 63.0. The summed E-state index contributed by atoms with van der Waals surface area (Å²) < 4.78 is 187. The Morgan fingerprint density at radius 1 is 0.493 bits per heavy atom. The maximum absolute atomic E-state index is 14.1. The molecule has 3 aliphatic rings. The number of hydrogen-bond acceptors (Lipinski definition) is 9. The van der Waals surface area contributed by atoms with Crippen molar-refractivity contribution in [2.24, 2.45) is 0 Å². The van der Waals surface area contributed by atoms with E-state index >= 15 is 0 Å². The van der Waals surface area contributed by atoms with Gasteiger partial charge >= 0.3 is 39.7 Å². The van der Waals surface area contributed by atoms with Gasteiger partial charge in [0.2, 0.25) is 0 Å². The molecule has 3 heterocycles. The first-order chi connectivity index (χ1) is 30.9. The summed E-state index contributed by atoms with van der Waals surface area (Å²) in [6.45, 7) is 20.6. The van der Waals surface area contributed by atoms with E-state index in [-0.39, 0.29) is 49.6 Å². The minimum atomic E-state index is -4.47. The summed E-state index contributed by atoms with van der Waals surface area (Å²) in [6.07, 6.45) is -12.9. The number of aromatic hydroxyl groups is 1. The molecule has 69 heavy (non-hydrogen) atoms. The van der Waals surface area contributed by atoms with Crippen LogP contribution in [0.1, 0.15) is 83.1 Å². The molecule has 3 fully saturated rings. The second-order valence-electron chi connectivity index (χ2n) is 18.3. The molecule has 0 aromatic heterocycles. The molecule has 9 nitrogen and oxygen atoms in total. The van der Waals surface area contributed by atoms with E-state index in [2.05, 4.69) is 41.3 Å². The molecule has 0 bridgehead atoms. The Bertz CT molecular complexity index is 2070. The third kappa shape index (κ3) is 19.7. The Balaban J connectivity index is 0.000000314. The molecule has 0 radical (unpaired) electrons. The summed E-state index contributed by atoms with van der Waals surface area (Å²) >= 11 is 7.08. The first-order valence-corrected chi connectivity index (χ1v) is 23.5. The zero-order valence-corrected chi connectivity index (χ0v) is 44.8. The van der Waals surface area contributed by atoms with Gasteiger partial charge in [-0.2, -0.15) is 39.5 Å². The van der Waals surface area contributed by atoms with E-state index in [0.29, 0.717) is 4.47 Å². The standard InChI is InChI=1S/C14H17BF4O3.C12H24B2O4.C8H5BrF4O.C6H4BrFO.C2H2F3I/c1-12(2)13(3,4)22-15(21-12)10-6-5-9(7-11(10)16)20-8-14(17,18)19;1-9(2)10(3,4)16-13(15-9)14-17-11(5,6)12(7,8)18-14;9-6-2-1-5(3-7(6)10)14-4-8(11,12)13;7-5-2-1-4(9)3-6(5)8;3-2(4,5)1-6/h5-7H,8H2,1-4H3;1-8H3;1-3H,4H2;1-3,9H;1H2. The van der Waals surface area contributed by atoms with Crippen LogP contribution in [0.4, 0.5) is 52.7 Å². The van der Waals surface area contributed by atoms with Crippen molar-refractivity contribution < 1.29 is 95.2 Å². The minimum Gasteiger partial charge on any atom is -0.508 e. The highest BCUT2D eigenvalue weighted by molar-refractivity contribution is 14.1. The van der Waals surface area contributed by atoms with Crippen LogP contribution < -0.4 is 14.9 Å². The van der Waals surface area contributed by atoms with Crippen LogP contribution in [-0.2, 0) is 27.9 Å². The predicted octanol–water partition coefficient (Wildman–Crippen LogP) is 13.1. The molecule has 3 saturated heterocycles. The lowest BCUT2D eigenvalue weighted by Gasteiger charge is -2.32. The zero-order chi connectivity index (χ0) is 53.6. The average molecular weight is 1250 g/mol. The van der Waals surface area contributed by atoms with Crippen molar-refractivity contribution in [3.63, 3.8) is 0 Å². The van der Waals surface area contributed by atoms with E-state index < -0.39 is 86.0 Å². The molecule has 0 atom stereocenters. The number of phenolic OH excluding ortho intramolecular Hbond substituents is 1. The van der Waals surface area contributed by atoms with E-state index in [0.717, 1.165) is 18.2 Å². The number of halogens is 15. The van der Waals surface area contributed by atoms with Crippen LogP contribution in [0.5, 0.6) is 17.2 Å². The second kappa shape index (κ2) is 23.8. The fourth-order valence-corrected chi connectivity index (χ4v) is 5.63. The molecule has 0 aliphatic carbocycles. The number of hydrogen-bond donors (Lipinski definition) is 1. The molecular formula is C42H52B3Br2F12IO9. The lowest BCUT2D eigenvalue weighted by molar-refractivity contribution is -0.154. The fraction of sp³-hybridized carbons (Fsp3) is 0.571. The number of alkyl halides is 10. The summed E-state index contributed by atoms with van der Waals surface area (Å²) in [4.78, 5) is 0. The van der Waals surface area contributed by atoms with E-state index in [1.54, 1.807) is 0 Å². The molecule has 388 valence electrons. The molecule has 0 amide bonds. The summed E-state index contributed by atoms with van der Waals surface area (Å²) in [5, 5.41) is 8.68. The second-order valence-corrected chi connectivity index (χ2v) is 20.7. The number of ether oxygens (including phenoxy) is 2. The smallest absolute Gasteiger partial charge is 0.497 e. The van der Waals surface area contributed by atoms with E-state index in [1.807, 2.05) is 83.1 Å². The van der Waals surface area contributed by atoms with Crippen molar-refractivity contribution in [1.82, 2.24) is 0 Å². The Morgan fingerprint density at radius 3 is 1.09 bits per heavy atom. The Morgan fingerprint density at radius 2 is 0.797 bits per heavy atom. The Kier molecular flexibility index (Phi) is 21.7. The van der Waals surface area contributed by atoms with Gasteiger partial charge in [-0.15, -0.1) is 0 Å². The number of rotatable bonds is 6. The summed E-state index contributed by atoms with van der Waals surface area (Å²) in [6, 6.07) is 10.8. The van der Waals surface area contributed by atoms with Gasteiger partial charge in [-0.1, -0.05) is 28.7 Å². The van der Waals surface area contributed by atoms with E-state index in [1.165, 1.54) is 59.0 Å². The Labute approximate surface area is 425 Å². The molecule has 3 aromatic carbocycles. The first-order valence-electron chi connectivity index (χ1n) is 20.4. The highest BCUT2D eigenvalue weighted by atomic mass is 127. The van der Waals surface area contributed by atoms with Crippen molar-refractivity contribution in [1.29, 1.82) is 0 Å². The molecule has 3 aromatic rings. The highest BCUT2D eigenvalue weighted by Crippen LogP contribution is 2.43. The maximum Gasteiger partial charge on any atom is 0.497 e. The van der Waals surface area contributed by atoms with Crippen LogP contribution in [0.2, 0.25) is 0 Å². The van der Waals surface area contributed by atoms with Gasteiger partial charge in [0.05, 0.1) is 47.0 Å². The van der Waals surface area contributed by atoms with Crippen molar-refractivity contribution in [2.45, 2.75) is 135 Å². The topological polar surface area (TPSA) is 94.1 Å². The van der Waals surface area contributed by atoms with Gasteiger partial charge in [-0.05, 0) is 145 Å². The van der Waals surface area contributed by atoms with E-state index in [9.17, 15) is 52.7 Å². The third-order valence-corrected chi connectivity index (χ3v) is 13.1. The van der Waals surface area contributed by atoms with Gasteiger partial charge in [-0.3, -0.25) is 0 Å². The van der Waals surface area contributed by atoms with Crippen LogP contribution in [0, 0.1) is 17.5 Å². The van der Waals surface area contributed by atoms with Crippen molar-refractivity contribution in [3.05, 3.63) is 81.0 Å². The van der Waals surface area contributed by atoms with Gasteiger partial charge in [-0.25, -0.2) is 13.2 Å². The quantitative estimate of drug-likeness (QED) is 0.112.